The summed E-state index contributed by atoms with van der Waals surface area (Å²) in [6.07, 6.45) is 4.13. The van der Waals surface area contributed by atoms with Gasteiger partial charge in [-0.15, -0.1) is 0 Å². The van der Waals surface area contributed by atoms with Gasteiger partial charge < -0.3 is 25.3 Å². The zero-order chi connectivity index (χ0) is 16.0. The van der Waals surface area contributed by atoms with E-state index in [0.717, 1.165) is 25.8 Å². The number of carbonyl (C=O) groups is 2. The molecule has 1 aliphatic rings. The Labute approximate surface area is 122 Å². The number of carboxylic acid groups (broad SMARTS) is 2. The van der Waals surface area contributed by atoms with Crippen LogP contribution in [-0.4, -0.2) is 50.2 Å². The number of carboxylic acids is 2. The predicted octanol–water partition coefficient (Wildman–Crippen LogP) is 0.631. The number of unbranched alkanes of at least 4 members (excludes halogenated alkanes) is 1. The highest BCUT2D eigenvalue weighted by atomic mass is 31.2. The minimum absolute atomic E-state index is 0.0515. The van der Waals surface area contributed by atoms with E-state index in [0.29, 0.717) is 18.9 Å². The second-order valence-electron chi connectivity index (χ2n) is 5.39. The third kappa shape index (κ3) is 5.74. The van der Waals surface area contributed by atoms with Crippen molar-refractivity contribution in [3.63, 3.8) is 0 Å². The van der Waals surface area contributed by atoms with Gasteiger partial charge in [-0.05, 0) is 32.2 Å². The van der Waals surface area contributed by atoms with Crippen molar-refractivity contribution in [2.24, 2.45) is 5.92 Å². The summed E-state index contributed by atoms with van der Waals surface area (Å²) < 4.78 is 11.2. The molecule has 1 fully saturated rings. The number of aliphatic carboxylic acids is 2. The molecule has 0 amide bonds. The van der Waals surface area contributed by atoms with Crippen LogP contribution in [0.15, 0.2) is 0 Å². The SMILES string of the molecule is O=C(O)C(CCCCC1CCCN1)C(C(=O)O)P(=O)(O)O. The summed E-state index contributed by atoms with van der Waals surface area (Å²) in [6, 6.07) is 0.408. The topological polar surface area (TPSA) is 144 Å². The molecule has 3 atom stereocenters. The van der Waals surface area contributed by atoms with Crippen molar-refractivity contribution >= 4 is 19.5 Å². The van der Waals surface area contributed by atoms with Gasteiger partial charge in [-0.1, -0.05) is 12.8 Å². The highest BCUT2D eigenvalue weighted by Crippen LogP contribution is 2.46. The van der Waals surface area contributed by atoms with E-state index < -0.39 is 31.1 Å². The molecule has 1 saturated heterocycles. The maximum Gasteiger partial charge on any atom is 0.340 e. The number of hydrogen-bond acceptors (Lipinski definition) is 4. The zero-order valence-electron chi connectivity index (χ0n) is 11.6. The van der Waals surface area contributed by atoms with Gasteiger partial charge >= 0.3 is 19.5 Å². The average molecular weight is 323 g/mol. The first-order valence-corrected chi connectivity index (χ1v) is 8.66. The first-order valence-electron chi connectivity index (χ1n) is 6.97. The zero-order valence-corrected chi connectivity index (χ0v) is 12.5. The molecule has 122 valence electrons. The summed E-state index contributed by atoms with van der Waals surface area (Å²) in [7, 11) is -5.00. The lowest BCUT2D eigenvalue weighted by Crippen LogP contribution is -2.35. The fraction of sp³-hybridized carbons (Fsp3) is 0.833. The van der Waals surface area contributed by atoms with E-state index in [2.05, 4.69) is 5.32 Å². The maximum atomic E-state index is 11.2. The van der Waals surface area contributed by atoms with Crippen molar-refractivity contribution in [1.29, 1.82) is 0 Å². The van der Waals surface area contributed by atoms with Gasteiger partial charge in [0.15, 0.2) is 5.66 Å². The Balaban J connectivity index is 2.53. The second-order valence-corrected chi connectivity index (χ2v) is 7.13. The molecule has 5 N–H and O–H groups in total. The molecule has 0 aromatic rings. The lowest BCUT2D eigenvalue weighted by molar-refractivity contribution is -0.148. The summed E-state index contributed by atoms with van der Waals surface area (Å²) in [5, 5.41) is 21.2. The van der Waals surface area contributed by atoms with Crippen LogP contribution in [0, 0.1) is 5.92 Å². The van der Waals surface area contributed by atoms with Crippen molar-refractivity contribution in [2.45, 2.75) is 50.2 Å². The summed E-state index contributed by atoms with van der Waals surface area (Å²) in [4.78, 5) is 40.2. The Morgan fingerprint density at radius 2 is 1.86 bits per heavy atom. The molecule has 0 spiro atoms. The summed E-state index contributed by atoms with van der Waals surface area (Å²) >= 11 is 0. The lowest BCUT2D eigenvalue weighted by atomic mass is 9.96. The van der Waals surface area contributed by atoms with Crippen LogP contribution in [0.5, 0.6) is 0 Å². The molecule has 0 saturated carbocycles. The van der Waals surface area contributed by atoms with Gasteiger partial charge in [0.05, 0.1) is 5.92 Å². The van der Waals surface area contributed by atoms with E-state index in [9.17, 15) is 14.2 Å². The van der Waals surface area contributed by atoms with Crippen LogP contribution in [0.1, 0.15) is 38.5 Å². The highest BCUT2D eigenvalue weighted by molar-refractivity contribution is 7.53. The fourth-order valence-electron chi connectivity index (χ4n) is 2.72. The van der Waals surface area contributed by atoms with Gasteiger partial charge in [0.2, 0.25) is 0 Å². The number of hydrogen-bond donors (Lipinski definition) is 5. The average Bonchev–Trinajstić information content (AvgIpc) is 2.83. The smallest absolute Gasteiger partial charge is 0.340 e. The first-order chi connectivity index (χ1) is 9.73. The van der Waals surface area contributed by atoms with Gasteiger partial charge in [0, 0.05) is 6.04 Å². The van der Waals surface area contributed by atoms with Crippen molar-refractivity contribution in [3.05, 3.63) is 0 Å². The molecule has 9 heteroatoms. The Hall–Kier alpha value is -0.950. The van der Waals surface area contributed by atoms with E-state index >= 15 is 0 Å². The van der Waals surface area contributed by atoms with Gasteiger partial charge in [0.25, 0.3) is 0 Å². The van der Waals surface area contributed by atoms with Gasteiger partial charge in [0.1, 0.15) is 0 Å². The molecule has 0 aromatic heterocycles. The Morgan fingerprint density at radius 1 is 1.19 bits per heavy atom. The van der Waals surface area contributed by atoms with E-state index in [1.165, 1.54) is 0 Å². The molecule has 21 heavy (non-hydrogen) atoms. The largest absolute Gasteiger partial charge is 0.481 e. The Kier molecular flexibility index (Phi) is 6.80. The monoisotopic (exact) mass is 323 g/mol. The summed E-state index contributed by atoms with van der Waals surface area (Å²) in [6.45, 7) is 0.974. The van der Waals surface area contributed by atoms with E-state index in [1.807, 2.05) is 0 Å². The predicted molar refractivity (Wildman–Crippen MR) is 74.1 cm³/mol. The van der Waals surface area contributed by atoms with Gasteiger partial charge in [-0.25, -0.2) is 0 Å². The number of nitrogens with one attached hydrogen (secondary N) is 1. The molecule has 1 aliphatic heterocycles. The Bertz CT molecular complexity index is 416. The second kappa shape index (κ2) is 7.89. The van der Waals surface area contributed by atoms with E-state index in [1.54, 1.807) is 0 Å². The molecule has 0 aliphatic carbocycles. The van der Waals surface area contributed by atoms with Crippen LogP contribution in [0.4, 0.5) is 0 Å². The highest BCUT2D eigenvalue weighted by Gasteiger charge is 2.45. The van der Waals surface area contributed by atoms with E-state index in [4.69, 9.17) is 20.0 Å². The third-order valence-electron chi connectivity index (χ3n) is 3.79. The van der Waals surface area contributed by atoms with Crippen molar-refractivity contribution in [3.8, 4) is 0 Å². The number of rotatable bonds is 9. The maximum absolute atomic E-state index is 11.2. The molecule has 0 bridgehead atoms. The molecular weight excluding hydrogens is 301 g/mol. The molecule has 1 rings (SSSR count). The van der Waals surface area contributed by atoms with Crippen LogP contribution >= 0.6 is 7.60 Å². The van der Waals surface area contributed by atoms with Crippen LogP contribution in [-0.2, 0) is 14.2 Å². The molecule has 0 aromatic carbocycles. The van der Waals surface area contributed by atoms with Gasteiger partial charge in [-0.3, -0.25) is 14.2 Å². The Morgan fingerprint density at radius 3 is 2.29 bits per heavy atom. The van der Waals surface area contributed by atoms with E-state index in [-0.39, 0.29) is 6.42 Å². The molecule has 0 radical (unpaired) electrons. The minimum atomic E-state index is -5.00. The lowest BCUT2D eigenvalue weighted by Gasteiger charge is -2.21. The van der Waals surface area contributed by atoms with Crippen LogP contribution in [0.2, 0.25) is 0 Å². The summed E-state index contributed by atoms with van der Waals surface area (Å²) in [5.41, 5.74) is -2.18. The third-order valence-corrected chi connectivity index (χ3v) is 5.10. The molecule has 3 unspecified atom stereocenters. The minimum Gasteiger partial charge on any atom is -0.481 e. The van der Waals surface area contributed by atoms with Crippen LogP contribution < -0.4 is 5.32 Å². The van der Waals surface area contributed by atoms with Crippen molar-refractivity contribution in [1.82, 2.24) is 5.32 Å². The normalized spacial score (nSPS) is 21.9. The standard InChI is InChI=1S/C12H22NO7P/c14-11(15)9(10(12(16)17)21(18,19)20)6-2-1-4-8-5-3-7-13-8/h8-10,13H,1-7H2,(H,14,15)(H,16,17)(H2,18,19,20). The van der Waals surface area contributed by atoms with Crippen LogP contribution in [0.25, 0.3) is 0 Å². The summed E-state index contributed by atoms with van der Waals surface area (Å²) in [5.74, 6) is -4.82. The fourth-order valence-corrected chi connectivity index (χ4v) is 3.76. The van der Waals surface area contributed by atoms with Crippen molar-refractivity contribution in [2.75, 3.05) is 6.54 Å². The quantitative estimate of drug-likeness (QED) is 0.307. The molecule has 8 nitrogen and oxygen atoms in total. The van der Waals surface area contributed by atoms with Crippen molar-refractivity contribution < 1.29 is 34.2 Å². The molecular formula is C12H22NO7P. The van der Waals surface area contributed by atoms with Gasteiger partial charge in [-0.2, -0.15) is 0 Å². The first kappa shape index (κ1) is 18.1. The van der Waals surface area contributed by atoms with Crippen LogP contribution in [0.3, 0.4) is 0 Å². The molecule has 1 heterocycles.